The third-order valence-electron chi connectivity index (χ3n) is 1.56. The monoisotopic (exact) mass is 186 g/mol. The number of allylic oxidation sites excluding steroid dienone is 1. The lowest BCUT2D eigenvalue weighted by molar-refractivity contribution is -0.139. The van der Waals surface area contributed by atoms with E-state index < -0.39 is 18.4 Å². The van der Waals surface area contributed by atoms with Crippen LogP contribution in [0.25, 0.3) is 0 Å². The highest BCUT2D eigenvalue weighted by Crippen LogP contribution is 2.06. The maximum Gasteiger partial charge on any atom is 0.331 e. The van der Waals surface area contributed by atoms with Crippen LogP contribution in [0.4, 0.5) is 0 Å². The van der Waals surface area contributed by atoms with E-state index in [1.807, 2.05) is 6.92 Å². The van der Waals surface area contributed by atoms with Crippen LogP contribution in [0.15, 0.2) is 11.6 Å². The first kappa shape index (κ1) is 11.7. The van der Waals surface area contributed by atoms with Gasteiger partial charge in [0.15, 0.2) is 0 Å². The van der Waals surface area contributed by atoms with Gasteiger partial charge in [0, 0.05) is 5.57 Å². The van der Waals surface area contributed by atoms with Gasteiger partial charge in [-0.2, -0.15) is 0 Å². The lowest BCUT2D eigenvalue weighted by Gasteiger charge is -1.97. The molecule has 0 saturated heterocycles. The molecule has 4 heteroatoms. The molecule has 0 heterocycles. The van der Waals surface area contributed by atoms with Gasteiger partial charge in [0.1, 0.15) is 0 Å². The molecule has 0 radical (unpaired) electrons. The molecule has 0 amide bonds. The van der Waals surface area contributed by atoms with E-state index in [0.717, 1.165) is 12.8 Å². The Morgan fingerprint density at radius 1 is 1.31 bits per heavy atom. The van der Waals surface area contributed by atoms with Crippen molar-refractivity contribution in [3.63, 3.8) is 0 Å². The standard InChI is InChI=1S/C9H14O4/c1-2-3-4-5-7(9(12)13)6-8(10)11/h5H,2-4,6H2,1H3,(H,10,11)(H,12,13). The fraction of sp³-hybridized carbons (Fsp3) is 0.556. The summed E-state index contributed by atoms with van der Waals surface area (Å²) >= 11 is 0. The number of hydrogen-bond acceptors (Lipinski definition) is 2. The Kier molecular flexibility index (Phi) is 5.59. The van der Waals surface area contributed by atoms with Crippen molar-refractivity contribution < 1.29 is 19.8 Å². The quantitative estimate of drug-likeness (QED) is 0.488. The summed E-state index contributed by atoms with van der Waals surface area (Å²) in [7, 11) is 0. The number of carboxylic acid groups (broad SMARTS) is 2. The minimum atomic E-state index is -1.14. The van der Waals surface area contributed by atoms with Crippen molar-refractivity contribution in [3.05, 3.63) is 11.6 Å². The van der Waals surface area contributed by atoms with Crippen LogP contribution in [-0.4, -0.2) is 22.2 Å². The molecule has 0 atom stereocenters. The van der Waals surface area contributed by atoms with Crippen LogP contribution in [0.5, 0.6) is 0 Å². The Bertz CT molecular complexity index is 218. The fourth-order valence-electron chi connectivity index (χ4n) is 0.878. The van der Waals surface area contributed by atoms with E-state index in [0.29, 0.717) is 6.42 Å². The minimum absolute atomic E-state index is 0.0269. The summed E-state index contributed by atoms with van der Waals surface area (Å²) in [5.74, 6) is -2.25. The summed E-state index contributed by atoms with van der Waals surface area (Å²) in [6.45, 7) is 1.99. The third kappa shape index (κ3) is 5.90. The first-order valence-corrected chi connectivity index (χ1v) is 4.22. The topological polar surface area (TPSA) is 74.6 Å². The van der Waals surface area contributed by atoms with E-state index in [1.54, 1.807) is 0 Å². The molecule has 0 aromatic rings. The molecule has 0 spiro atoms. The lowest BCUT2D eigenvalue weighted by atomic mass is 10.1. The highest BCUT2D eigenvalue weighted by molar-refractivity contribution is 5.91. The molecule has 0 aliphatic heterocycles. The van der Waals surface area contributed by atoms with Crippen LogP contribution in [0, 0.1) is 0 Å². The number of hydrogen-bond donors (Lipinski definition) is 2. The first-order chi connectivity index (χ1) is 6.07. The molecule has 0 unspecified atom stereocenters. The minimum Gasteiger partial charge on any atom is -0.481 e. The van der Waals surface area contributed by atoms with Crippen LogP contribution in [-0.2, 0) is 9.59 Å². The lowest BCUT2D eigenvalue weighted by Crippen LogP contribution is -2.06. The summed E-state index contributed by atoms with van der Waals surface area (Å²) in [4.78, 5) is 20.7. The van der Waals surface area contributed by atoms with E-state index in [1.165, 1.54) is 6.08 Å². The van der Waals surface area contributed by atoms with E-state index in [4.69, 9.17) is 10.2 Å². The van der Waals surface area contributed by atoms with Crippen LogP contribution in [0.2, 0.25) is 0 Å². The molecule has 0 rings (SSSR count). The molecule has 0 aromatic heterocycles. The molecule has 13 heavy (non-hydrogen) atoms. The van der Waals surface area contributed by atoms with Gasteiger partial charge in [0.25, 0.3) is 0 Å². The van der Waals surface area contributed by atoms with Crippen molar-refractivity contribution in [2.45, 2.75) is 32.6 Å². The molecule has 2 N–H and O–H groups in total. The summed E-state index contributed by atoms with van der Waals surface area (Å²) in [6, 6.07) is 0. The van der Waals surface area contributed by atoms with Crippen LogP contribution in [0.3, 0.4) is 0 Å². The van der Waals surface area contributed by atoms with Gasteiger partial charge in [-0.3, -0.25) is 4.79 Å². The highest BCUT2D eigenvalue weighted by Gasteiger charge is 2.10. The van der Waals surface area contributed by atoms with Crippen LogP contribution in [0.1, 0.15) is 32.6 Å². The van der Waals surface area contributed by atoms with Crippen LogP contribution >= 0.6 is 0 Å². The zero-order valence-corrected chi connectivity index (χ0v) is 7.62. The van der Waals surface area contributed by atoms with Gasteiger partial charge in [-0.1, -0.05) is 25.8 Å². The fourth-order valence-corrected chi connectivity index (χ4v) is 0.878. The maximum absolute atomic E-state index is 10.5. The van der Waals surface area contributed by atoms with Crippen molar-refractivity contribution in [3.8, 4) is 0 Å². The summed E-state index contributed by atoms with van der Waals surface area (Å²) in [5, 5.41) is 17.0. The first-order valence-electron chi connectivity index (χ1n) is 4.22. The Morgan fingerprint density at radius 2 is 1.92 bits per heavy atom. The average Bonchev–Trinajstić information content (AvgIpc) is 2.02. The second-order valence-electron chi connectivity index (χ2n) is 2.75. The molecule has 0 bridgehead atoms. The number of carboxylic acids is 2. The molecule has 0 aliphatic carbocycles. The van der Waals surface area contributed by atoms with Crippen molar-refractivity contribution in [2.75, 3.05) is 0 Å². The predicted octanol–water partition coefficient (Wildman–Crippen LogP) is 1.66. The van der Waals surface area contributed by atoms with Gasteiger partial charge in [0.05, 0.1) is 6.42 Å². The van der Waals surface area contributed by atoms with Crippen molar-refractivity contribution in [2.24, 2.45) is 0 Å². The maximum atomic E-state index is 10.5. The van der Waals surface area contributed by atoms with Crippen molar-refractivity contribution in [1.82, 2.24) is 0 Å². The van der Waals surface area contributed by atoms with Gasteiger partial charge in [-0.05, 0) is 6.42 Å². The largest absolute Gasteiger partial charge is 0.481 e. The number of unbranched alkanes of at least 4 members (excludes halogenated alkanes) is 2. The Morgan fingerprint density at radius 3 is 2.31 bits per heavy atom. The molecular formula is C9H14O4. The molecule has 74 valence electrons. The SMILES string of the molecule is CCCCC=C(CC(=O)O)C(=O)O. The number of aliphatic carboxylic acids is 2. The molecule has 4 nitrogen and oxygen atoms in total. The predicted molar refractivity (Wildman–Crippen MR) is 47.5 cm³/mol. The van der Waals surface area contributed by atoms with E-state index in [2.05, 4.69) is 0 Å². The van der Waals surface area contributed by atoms with Gasteiger partial charge in [0.2, 0.25) is 0 Å². The van der Waals surface area contributed by atoms with Crippen molar-refractivity contribution in [1.29, 1.82) is 0 Å². The van der Waals surface area contributed by atoms with Gasteiger partial charge in [-0.25, -0.2) is 4.79 Å². The van der Waals surface area contributed by atoms with E-state index in [-0.39, 0.29) is 5.57 Å². The summed E-state index contributed by atoms with van der Waals surface area (Å²) < 4.78 is 0. The second kappa shape index (κ2) is 6.22. The number of carbonyl (C=O) groups is 2. The molecular weight excluding hydrogens is 172 g/mol. The third-order valence-corrected chi connectivity index (χ3v) is 1.56. The van der Waals surface area contributed by atoms with Crippen LogP contribution < -0.4 is 0 Å². The van der Waals surface area contributed by atoms with Gasteiger partial charge >= 0.3 is 11.9 Å². The van der Waals surface area contributed by atoms with Gasteiger partial charge in [-0.15, -0.1) is 0 Å². The molecule has 0 aromatic carbocycles. The smallest absolute Gasteiger partial charge is 0.331 e. The van der Waals surface area contributed by atoms with Gasteiger partial charge < -0.3 is 10.2 Å². The molecule has 0 saturated carbocycles. The summed E-state index contributed by atoms with van der Waals surface area (Å²) in [6.07, 6.45) is 3.57. The Balaban J connectivity index is 4.15. The van der Waals surface area contributed by atoms with Crippen molar-refractivity contribution >= 4 is 11.9 Å². The highest BCUT2D eigenvalue weighted by atomic mass is 16.4. The Hall–Kier alpha value is -1.32. The number of rotatable bonds is 6. The zero-order valence-electron chi connectivity index (χ0n) is 7.62. The molecule has 0 aliphatic rings. The van der Waals surface area contributed by atoms with E-state index in [9.17, 15) is 9.59 Å². The Labute approximate surface area is 76.9 Å². The second-order valence-corrected chi connectivity index (χ2v) is 2.75. The normalized spacial score (nSPS) is 11.3. The molecule has 0 fully saturated rings. The van der Waals surface area contributed by atoms with E-state index >= 15 is 0 Å². The average molecular weight is 186 g/mol. The summed E-state index contributed by atoms with van der Waals surface area (Å²) in [5.41, 5.74) is -0.0269. The zero-order chi connectivity index (χ0) is 10.3.